The maximum Gasteiger partial charge on any atom is 0.226 e. The Morgan fingerprint density at radius 2 is 2.26 bits per heavy atom. The third kappa shape index (κ3) is 3.58. The number of carbonyl (C=O) groups is 1. The van der Waals surface area contributed by atoms with Crippen LogP contribution in [-0.4, -0.2) is 31.8 Å². The van der Waals surface area contributed by atoms with E-state index in [1.807, 2.05) is 49.3 Å². The molecule has 0 bridgehead atoms. The van der Waals surface area contributed by atoms with Gasteiger partial charge < -0.3 is 14.6 Å². The highest BCUT2D eigenvalue weighted by molar-refractivity contribution is 5.94. The zero-order valence-corrected chi connectivity index (χ0v) is 15.6. The van der Waals surface area contributed by atoms with Crippen LogP contribution in [-0.2, 0) is 18.4 Å². The van der Waals surface area contributed by atoms with E-state index in [4.69, 9.17) is 4.74 Å². The smallest absolute Gasteiger partial charge is 0.226 e. The van der Waals surface area contributed by atoms with Crippen molar-refractivity contribution in [1.82, 2.24) is 19.3 Å². The summed E-state index contributed by atoms with van der Waals surface area (Å²) in [4.78, 5) is 16.2. The number of benzene rings is 1. The number of fused-ring (bicyclic) bond motifs is 1. The Hall–Kier alpha value is -3.09. The van der Waals surface area contributed by atoms with Gasteiger partial charge in [0.1, 0.15) is 11.6 Å². The Bertz CT molecular complexity index is 945. The average Bonchev–Trinajstić information content (AvgIpc) is 3.27. The summed E-state index contributed by atoms with van der Waals surface area (Å²) in [6.07, 6.45) is 6.85. The standard InChI is InChI=1S/C20H23N5O2/c1-14-19-17(12-18(26)22-20(19)24(2)23-14)15-5-3-6-16(11-15)27-10-4-8-25-9-7-21-13-25/h3,5-7,9,11,13,17H,4,8,10,12H2,1-2H3,(H,22,26)/t17-/m1/s1. The lowest BCUT2D eigenvalue weighted by Crippen LogP contribution is -2.24. The molecule has 1 atom stereocenters. The molecule has 0 radical (unpaired) electrons. The van der Waals surface area contributed by atoms with Crippen molar-refractivity contribution in [2.45, 2.75) is 32.2 Å². The van der Waals surface area contributed by atoms with Gasteiger partial charge >= 0.3 is 0 Å². The van der Waals surface area contributed by atoms with Gasteiger partial charge in [0.05, 0.1) is 18.6 Å². The Balaban J connectivity index is 1.48. The fraction of sp³-hybridized carbons (Fsp3) is 0.350. The lowest BCUT2D eigenvalue weighted by molar-refractivity contribution is -0.116. The fourth-order valence-corrected chi connectivity index (χ4v) is 3.67. The number of aromatic nitrogens is 4. The van der Waals surface area contributed by atoms with Gasteiger partial charge in [-0.1, -0.05) is 12.1 Å². The number of aryl methyl sites for hydroxylation is 3. The zero-order chi connectivity index (χ0) is 18.8. The summed E-state index contributed by atoms with van der Waals surface area (Å²) in [6.45, 7) is 3.49. The summed E-state index contributed by atoms with van der Waals surface area (Å²) < 4.78 is 9.71. The van der Waals surface area contributed by atoms with Gasteiger partial charge in [-0.2, -0.15) is 5.10 Å². The van der Waals surface area contributed by atoms with Crippen LogP contribution < -0.4 is 10.1 Å². The molecule has 0 aliphatic carbocycles. The molecule has 27 heavy (non-hydrogen) atoms. The van der Waals surface area contributed by atoms with E-state index in [0.29, 0.717) is 13.0 Å². The van der Waals surface area contributed by atoms with Crippen molar-refractivity contribution in [2.24, 2.45) is 7.05 Å². The van der Waals surface area contributed by atoms with Gasteiger partial charge in [-0.25, -0.2) is 4.98 Å². The van der Waals surface area contributed by atoms with Crippen LogP contribution in [0.5, 0.6) is 5.75 Å². The molecule has 4 rings (SSSR count). The third-order valence-electron chi connectivity index (χ3n) is 4.91. The van der Waals surface area contributed by atoms with Crippen LogP contribution in [0.15, 0.2) is 43.0 Å². The molecule has 0 fully saturated rings. The van der Waals surface area contributed by atoms with Crippen LogP contribution in [0.25, 0.3) is 0 Å². The Morgan fingerprint density at radius 1 is 1.37 bits per heavy atom. The second-order valence-electron chi connectivity index (χ2n) is 6.85. The van der Waals surface area contributed by atoms with Crippen LogP contribution >= 0.6 is 0 Å². The van der Waals surface area contributed by atoms with E-state index in [2.05, 4.69) is 21.5 Å². The van der Waals surface area contributed by atoms with Gasteiger partial charge in [-0.15, -0.1) is 0 Å². The number of imidazole rings is 1. The van der Waals surface area contributed by atoms with Crippen molar-refractivity contribution in [3.05, 3.63) is 59.8 Å². The highest BCUT2D eigenvalue weighted by Gasteiger charge is 2.31. The Morgan fingerprint density at radius 3 is 3.07 bits per heavy atom. The normalized spacial score (nSPS) is 16.1. The van der Waals surface area contributed by atoms with Gasteiger partial charge in [-0.05, 0) is 31.0 Å². The van der Waals surface area contributed by atoms with E-state index in [9.17, 15) is 4.79 Å². The van der Waals surface area contributed by atoms with E-state index < -0.39 is 0 Å². The van der Waals surface area contributed by atoms with Gasteiger partial charge in [0, 0.05) is 43.9 Å². The van der Waals surface area contributed by atoms with E-state index in [1.165, 1.54) is 0 Å². The first kappa shape index (κ1) is 17.3. The molecule has 0 unspecified atom stereocenters. The number of rotatable bonds is 6. The summed E-state index contributed by atoms with van der Waals surface area (Å²) in [5, 5.41) is 7.42. The largest absolute Gasteiger partial charge is 0.494 e. The number of nitrogens with one attached hydrogen (secondary N) is 1. The zero-order valence-electron chi connectivity index (χ0n) is 15.6. The second-order valence-corrected chi connectivity index (χ2v) is 6.85. The monoisotopic (exact) mass is 365 g/mol. The van der Waals surface area contributed by atoms with Crippen molar-refractivity contribution in [1.29, 1.82) is 0 Å². The third-order valence-corrected chi connectivity index (χ3v) is 4.91. The maximum absolute atomic E-state index is 12.2. The lowest BCUT2D eigenvalue weighted by atomic mass is 9.86. The number of hydrogen-bond donors (Lipinski definition) is 1. The van der Waals surface area contributed by atoms with Crippen molar-refractivity contribution >= 4 is 11.7 Å². The molecule has 3 heterocycles. The topological polar surface area (TPSA) is 74.0 Å². The summed E-state index contributed by atoms with van der Waals surface area (Å²) in [5.74, 6) is 1.63. The lowest BCUT2D eigenvalue weighted by Gasteiger charge is -2.24. The number of carbonyl (C=O) groups excluding carboxylic acids is 1. The molecule has 1 aliphatic rings. The molecule has 7 nitrogen and oxygen atoms in total. The number of nitrogens with zero attached hydrogens (tertiary/aromatic N) is 4. The van der Waals surface area contributed by atoms with Crippen LogP contribution in [0, 0.1) is 6.92 Å². The van der Waals surface area contributed by atoms with Crippen molar-refractivity contribution < 1.29 is 9.53 Å². The highest BCUT2D eigenvalue weighted by Crippen LogP contribution is 2.39. The molecule has 3 aromatic rings. The van der Waals surface area contributed by atoms with E-state index >= 15 is 0 Å². The number of ether oxygens (including phenoxy) is 1. The van der Waals surface area contributed by atoms with Gasteiger partial charge in [0.2, 0.25) is 5.91 Å². The number of anilines is 1. The molecule has 0 saturated carbocycles. The summed E-state index contributed by atoms with van der Waals surface area (Å²) in [6, 6.07) is 8.04. The van der Waals surface area contributed by atoms with Crippen LogP contribution in [0.4, 0.5) is 5.82 Å². The summed E-state index contributed by atoms with van der Waals surface area (Å²) in [5.41, 5.74) is 3.12. The second kappa shape index (κ2) is 7.26. The van der Waals surface area contributed by atoms with Crippen molar-refractivity contribution in [2.75, 3.05) is 11.9 Å². The molecule has 1 aromatic carbocycles. The van der Waals surface area contributed by atoms with Gasteiger partial charge in [0.15, 0.2) is 0 Å². The minimum Gasteiger partial charge on any atom is -0.494 e. The molecule has 0 spiro atoms. The Kier molecular flexibility index (Phi) is 4.66. The Labute approximate surface area is 158 Å². The minimum absolute atomic E-state index is 0.00283. The van der Waals surface area contributed by atoms with Gasteiger partial charge in [-0.3, -0.25) is 9.48 Å². The molecule has 1 N–H and O–H groups in total. The van der Waals surface area contributed by atoms with E-state index in [-0.39, 0.29) is 11.8 Å². The highest BCUT2D eigenvalue weighted by atomic mass is 16.5. The first-order chi connectivity index (χ1) is 13.1. The summed E-state index contributed by atoms with van der Waals surface area (Å²) >= 11 is 0. The molecule has 1 aliphatic heterocycles. The molecule has 1 amide bonds. The first-order valence-corrected chi connectivity index (χ1v) is 9.13. The van der Waals surface area contributed by atoms with Crippen molar-refractivity contribution in [3.63, 3.8) is 0 Å². The maximum atomic E-state index is 12.2. The first-order valence-electron chi connectivity index (χ1n) is 9.13. The molecule has 140 valence electrons. The minimum atomic E-state index is -0.00283. The van der Waals surface area contributed by atoms with Gasteiger partial charge in [0.25, 0.3) is 0 Å². The molecular formula is C20H23N5O2. The van der Waals surface area contributed by atoms with E-state index in [0.717, 1.165) is 41.4 Å². The molecule has 7 heteroatoms. The fourth-order valence-electron chi connectivity index (χ4n) is 3.67. The predicted molar refractivity (Wildman–Crippen MR) is 102 cm³/mol. The van der Waals surface area contributed by atoms with Crippen molar-refractivity contribution in [3.8, 4) is 5.75 Å². The SMILES string of the molecule is Cc1nn(C)c2c1[C@@H](c1cccc(OCCCn3ccnc3)c1)CC(=O)N2. The van der Waals surface area contributed by atoms with Crippen LogP contribution in [0.2, 0.25) is 0 Å². The number of amides is 1. The quantitative estimate of drug-likeness (QED) is 0.682. The molecule has 2 aromatic heterocycles. The van der Waals surface area contributed by atoms with Crippen LogP contribution in [0.3, 0.4) is 0 Å². The molecular weight excluding hydrogens is 342 g/mol. The van der Waals surface area contributed by atoms with Crippen LogP contribution in [0.1, 0.15) is 35.6 Å². The summed E-state index contributed by atoms with van der Waals surface area (Å²) in [7, 11) is 1.86. The van der Waals surface area contributed by atoms with E-state index in [1.54, 1.807) is 10.9 Å². The molecule has 0 saturated heterocycles. The predicted octanol–water partition coefficient (Wildman–Crippen LogP) is 2.87. The average molecular weight is 365 g/mol. The number of hydrogen-bond acceptors (Lipinski definition) is 4.